The molecule has 8 nitrogen and oxygen atoms in total. The molecule has 0 saturated carbocycles. The molecule has 3 rings (SSSR count). The second-order valence-corrected chi connectivity index (χ2v) is 10.8. The third-order valence-corrected chi connectivity index (χ3v) is 8.63. The molecule has 1 heterocycles. The zero-order valence-electron chi connectivity index (χ0n) is 20.4. The lowest BCUT2D eigenvalue weighted by atomic mass is 10.0. The number of hydrogen-bond acceptors (Lipinski definition) is 7. The molecule has 0 saturated heterocycles. The number of ether oxygens (including phenoxy) is 2. The van der Waals surface area contributed by atoms with Crippen LogP contribution in [0.3, 0.4) is 0 Å². The number of aryl methyl sites for hydroxylation is 1. The molecule has 1 amide bonds. The van der Waals surface area contributed by atoms with Crippen molar-refractivity contribution < 1.29 is 22.7 Å². The smallest absolute Gasteiger partial charge is 0.252 e. The number of amides is 1. The number of carbonyl (C=O) groups is 1. The minimum absolute atomic E-state index is 0.117. The summed E-state index contributed by atoms with van der Waals surface area (Å²) in [5.74, 6) is 0.603. The molecule has 0 aliphatic rings. The molecule has 0 spiro atoms. The molecule has 1 aromatic heterocycles. The predicted octanol–water partition coefficient (Wildman–Crippen LogP) is 4.04. The van der Waals surface area contributed by atoms with Gasteiger partial charge in [0.25, 0.3) is 10.0 Å². The van der Waals surface area contributed by atoms with Crippen molar-refractivity contribution in [3.63, 3.8) is 0 Å². The van der Waals surface area contributed by atoms with E-state index in [1.807, 2.05) is 55.5 Å². The first-order valence-corrected chi connectivity index (χ1v) is 13.6. The molecule has 0 unspecified atom stereocenters. The summed E-state index contributed by atoms with van der Waals surface area (Å²) in [7, 11) is -0.468. The number of benzene rings is 2. The van der Waals surface area contributed by atoms with E-state index in [1.165, 1.54) is 4.90 Å². The van der Waals surface area contributed by atoms with Gasteiger partial charge in [0.15, 0.2) is 9.34 Å². The number of methoxy groups -OCH3 is 1. The number of thiazole rings is 1. The van der Waals surface area contributed by atoms with Gasteiger partial charge in [0.2, 0.25) is 5.91 Å². The van der Waals surface area contributed by atoms with Gasteiger partial charge in [-0.15, -0.1) is 0 Å². The number of likely N-dealkylation sites (N-methyl/N-ethyl adjacent to an activating group) is 1. The number of sulfonamides is 1. The molecule has 2 aromatic carbocycles. The highest BCUT2D eigenvalue weighted by Crippen LogP contribution is 2.30. The molecule has 0 radical (unpaired) electrons. The van der Waals surface area contributed by atoms with Gasteiger partial charge in [0.05, 0.1) is 19.2 Å². The van der Waals surface area contributed by atoms with Crippen LogP contribution < -0.4 is 14.4 Å². The Kier molecular flexibility index (Phi) is 9.39. The van der Waals surface area contributed by atoms with Crippen molar-refractivity contribution in [2.24, 2.45) is 0 Å². The number of carbonyl (C=O) groups excluding carboxylic acids is 1. The van der Waals surface area contributed by atoms with E-state index in [-0.39, 0.29) is 23.1 Å². The summed E-state index contributed by atoms with van der Waals surface area (Å²) in [5, 5.41) is 0.343. The second kappa shape index (κ2) is 12.3. The van der Waals surface area contributed by atoms with Gasteiger partial charge in [-0.2, -0.15) is 0 Å². The minimum Gasteiger partial charge on any atom is -0.497 e. The Bertz CT molecular complexity index is 1240. The predicted molar refractivity (Wildman–Crippen MR) is 139 cm³/mol. The van der Waals surface area contributed by atoms with Crippen LogP contribution in [0.4, 0.5) is 5.13 Å². The van der Waals surface area contributed by atoms with Crippen molar-refractivity contribution in [1.29, 1.82) is 0 Å². The summed E-state index contributed by atoms with van der Waals surface area (Å²) in [6.07, 6.45) is 0.748. The van der Waals surface area contributed by atoms with Crippen LogP contribution in [0.25, 0.3) is 11.1 Å². The number of rotatable bonds is 12. The first kappa shape index (κ1) is 26.8. The van der Waals surface area contributed by atoms with Crippen molar-refractivity contribution in [3.05, 3.63) is 59.8 Å². The third kappa shape index (κ3) is 7.11. The molecular formula is C25H31N3O5S2. The normalized spacial score (nSPS) is 11.4. The average molecular weight is 518 g/mol. The maximum absolute atomic E-state index is 12.9. The van der Waals surface area contributed by atoms with Crippen molar-refractivity contribution in [3.8, 4) is 16.9 Å². The highest BCUT2D eigenvalue weighted by molar-refractivity contribution is 7.91. The summed E-state index contributed by atoms with van der Waals surface area (Å²) >= 11 is 0.985. The Balaban J connectivity index is 1.64. The van der Waals surface area contributed by atoms with Crippen LogP contribution in [-0.2, 0) is 26.0 Å². The lowest BCUT2D eigenvalue weighted by Crippen LogP contribution is -2.27. The molecule has 10 heteroatoms. The summed E-state index contributed by atoms with van der Waals surface area (Å²) in [6, 6.07) is 15.5. The molecule has 35 heavy (non-hydrogen) atoms. The topological polar surface area (TPSA) is 97.8 Å². The summed E-state index contributed by atoms with van der Waals surface area (Å²) in [6.45, 7) is 4.88. The van der Waals surface area contributed by atoms with Crippen LogP contribution in [0.5, 0.6) is 5.75 Å². The Morgan fingerprint density at radius 2 is 1.89 bits per heavy atom. The SMILES string of the molecule is CCOCCCNS(=O)(=O)c1sc(N(C)C(=O)Cc2ccc(-c3cccc(OC)c3)cc2)nc1C. The minimum atomic E-state index is -3.71. The molecule has 188 valence electrons. The Hall–Kier alpha value is -2.79. The fraction of sp³-hybridized carbons (Fsp3) is 0.360. The van der Waals surface area contributed by atoms with E-state index < -0.39 is 10.0 Å². The van der Waals surface area contributed by atoms with Crippen molar-refractivity contribution in [2.75, 3.05) is 38.8 Å². The van der Waals surface area contributed by atoms with Gasteiger partial charge < -0.3 is 9.47 Å². The van der Waals surface area contributed by atoms with E-state index in [1.54, 1.807) is 21.1 Å². The van der Waals surface area contributed by atoms with E-state index in [4.69, 9.17) is 9.47 Å². The average Bonchev–Trinajstić information content (AvgIpc) is 3.26. The van der Waals surface area contributed by atoms with Gasteiger partial charge in [-0.3, -0.25) is 9.69 Å². The van der Waals surface area contributed by atoms with E-state index in [9.17, 15) is 13.2 Å². The number of hydrogen-bond donors (Lipinski definition) is 1. The lowest BCUT2D eigenvalue weighted by Gasteiger charge is -2.14. The van der Waals surface area contributed by atoms with Crippen LogP contribution >= 0.6 is 11.3 Å². The standard InChI is InChI=1S/C25H31N3O5S2/c1-5-33-15-7-14-26-35(30,31)24-18(2)27-25(34-24)28(3)23(29)16-19-10-12-20(13-11-19)21-8-6-9-22(17-21)32-4/h6,8-13,17,26H,5,7,14-16H2,1-4H3. The number of nitrogens with zero attached hydrogens (tertiary/aromatic N) is 2. The Morgan fingerprint density at radius 1 is 1.14 bits per heavy atom. The molecule has 0 aliphatic heterocycles. The van der Waals surface area contributed by atoms with Gasteiger partial charge in [0, 0.05) is 26.8 Å². The van der Waals surface area contributed by atoms with Gasteiger partial charge in [0.1, 0.15) is 5.75 Å². The number of aromatic nitrogens is 1. The number of anilines is 1. The summed E-state index contributed by atoms with van der Waals surface area (Å²) in [5.41, 5.74) is 3.26. The zero-order chi connectivity index (χ0) is 25.4. The monoisotopic (exact) mass is 517 g/mol. The molecule has 0 aliphatic carbocycles. The Labute approximate surface area is 211 Å². The highest BCUT2D eigenvalue weighted by atomic mass is 32.2. The first-order valence-electron chi connectivity index (χ1n) is 11.3. The lowest BCUT2D eigenvalue weighted by molar-refractivity contribution is -0.117. The van der Waals surface area contributed by atoms with E-state index in [0.717, 1.165) is 33.8 Å². The summed E-state index contributed by atoms with van der Waals surface area (Å²) in [4.78, 5) is 18.6. The molecule has 3 aromatic rings. The molecular weight excluding hydrogens is 486 g/mol. The first-order chi connectivity index (χ1) is 16.7. The fourth-order valence-electron chi connectivity index (χ4n) is 3.37. The molecule has 0 atom stereocenters. The molecule has 1 N–H and O–H groups in total. The van der Waals surface area contributed by atoms with E-state index >= 15 is 0 Å². The van der Waals surface area contributed by atoms with Crippen LogP contribution in [-0.4, -0.2) is 53.2 Å². The third-order valence-electron chi connectivity index (χ3n) is 5.32. The van der Waals surface area contributed by atoms with E-state index in [2.05, 4.69) is 9.71 Å². The zero-order valence-corrected chi connectivity index (χ0v) is 22.0. The van der Waals surface area contributed by atoms with Crippen molar-refractivity contribution in [1.82, 2.24) is 9.71 Å². The summed E-state index contributed by atoms with van der Waals surface area (Å²) < 4.78 is 38.6. The maximum Gasteiger partial charge on any atom is 0.252 e. The maximum atomic E-state index is 12.9. The van der Waals surface area contributed by atoms with Crippen molar-refractivity contribution in [2.45, 2.75) is 30.9 Å². The molecule has 0 fully saturated rings. The Morgan fingerprint density at radius 3 is 2.57 bits per heavy atom. The number of nitrogens with one attached hydrogen (secondary N) is 1. The van der Waals surface area contributed by atoms with Gasteiger partial charge in [-0.1, -0.05) is 47.7 Å². The second-order valence-electron chi connectivity index (χ2n) is 7.88. The van der Waals surface area contributed by atoms with Crippen LogP contribution in [0.15, 0.2) is 52.7 Å². The van der Waals surface area contributed by atoms with Crippen molar-refractivity contribution >= 4 is 32.4 Å². The fourth-order valence-corrected chi connectivity index (χ4v) is 5.97. The van der Waals surface area contributed by atoms with E-state index in [0.29, 0.717) is 30.5 Å². The van der Waals surface area contributed by atoms with Crippen LogP contribution in [0.2, 0.25) is 0 Å². The van der Waals surface area contributed by atoms with Gasteiger partial charge >= 0.3 is 0 Å². The largest absolute Gasteiger partial charge is 0.497 e. The quantitative estimate of drug-likeness (QED) is 0.364. The van der Waals surface area contributed by atoms with Crippen LogP contribution in [0.1, 0.15) is 24.6 Å². The van der Waals surface area contributed by atoms with Gasteiger partial charge in [-0.05, 0) is 49.1 Å². The highest BCUT2D eigenvalue weighted by Gasteiger charge is 2.24. The van der Waals surface area contributed by atoms with Gasteiger partial charge in [-0.25, -0.2) is 18.1 Å². The van der Waals surface area contributed by atoms with Crippen LogP contribution in [0, 0.1) is 6.92 Å². The molecule has 0 bridgehead atoms.